The number of nitriles is 1. The summed E-state index contributed by atoms with van der Waals surface area (Å²) in [7, 11) is 0. The molecule has 10 heteroatoms. The Kier molecular flexibility index (Phi) is 6.22. The lowest BCUT2D eigenvalue weighted by molar-refractivity contribution is -0.137. The van der Waals surface area contributed by atoms with Crippen molar-refractivity contribution in [3.05, 3.63) is 59.2 Å². The monoisotopic (exact) mass is 474 g/mol. The first-order valence-corrected chi connectivity index (χ1v) is 10.4. The van der Waals surface area contributed by atoms with E-state index < -0.39 is 28.7 Å². The van der Waals surface area contributed by atoms with Crippen LogP contribution in [0.3, 0.4) is 0 Å². The van der Waals surface area contributed by atoms with E-state index in [4.69, 9.17) is 17.5 Å². The van der Waals surface area contributed by atoms with Crippen molar-refractivity contribution in [2.75, 3.05) is 9.80 Å². The smallest absolute Gasteiger partial charge is 0.350 e. The molecule has 1 fully saturated rings. The zero-order valence-electron chi connectivity index (χ0n) is 18.3. The number of nitrogens with one attached hydrogen (secondary N) is 1. The number of amides is 2. The largest absolute Gasteiger partial charge is 0.417 e. The fourth-order valence-electron chi connectivity index (χ4n) is 3.57. The first-order valence-electron chi connectivity index (χ1n) is 10.00. The fourth-order valence-corrected chi connectivity index (χ4v) is 4.09. The van der Waals surface area contributed by atoms with E-state index in [-0.39, 0.29) is 22.7 Å². The molecule has 2 aromatic carbocycles. The molecule has 1 aliphatic rings. The van der Waals surface area contributed by atoms with Gasteiger partial charge in [-0.05, 0) is 82.4 Å². The van der Waals surface area contributed by atoms with E-state index in [9.17, 15) is 22.8 Å². The lowest BCUT2D eigenvalue weighted by Gasteiger charge is -2.29. The van der Waals surface area contributed by atoms with Crippen LogP contribution in [-0.2, 0) is 11.0 Å². The van der Waals surface area contributed by atoms with E-state index in [1.54, 1.807) is 38.1 Å². The van der Waals surface area contributed by atoms with Crippen molar-refractivity contribution in [2.24, 2.45) is 0 Å². The van der Waals surface area contributed by atoms with Crippen LogP contribution in [-0.4, -0.2) is 28.5 Å². The van der Waals surface area contributed by atoms with Crippen molar-refractivity contribution in [3.8, 4) is 6.07 Å². The summed E-state index contributed by atoms with van der Waals surface area (Å²) >= 11 is 5.50. The number of carbonyl (C=O) groups is 2. The molecular formula is C23H21F3N4O2S. The average molecular weight is 475 g/mol. The Morgan fingerprint density at radius 3 is 2.21 bits per heavy atom. The van der Waals surface area contributed by atoms with Crippen LogP contribution in [0.2, 0.25) is 0 Å². The molecule has 0 unspecified atom stereocenters. The minimum atomic E-state index is -4.77. The third-order valence-electron chi connectivity index (χ3n) is 5.16. The second-order valence-electron chi connectivity index (χ2n) is 8.33. The highest BCUT2D eigenvalue weighted by atomic mass is 32.1. The van der Waals surface area contributed by atoms with Crippen molar-refractivity contribution < 1.29 is 22.8 Å². The van der Waals surface area contributed by atoms with Gasteiger partial charge in [-0.15, -0.1) is 0 Å². The lowest BCUT2D eigenvalue weighted by atomic mass is 10.0. The molecule has 3 rings (SSSR count). The van der Waals surface area contributed by atoms with Crippen LogP contribution in [0.5, 0.6) is 0 Å². The topological polar surface area (TPSA) is 76.4 Å². The molecule has 6 nitrogen and oxygen atoms in total. The summed E-state index contributed by atoms with van der Waals surface area (Å²) in [6.45, 7) is 6.89. The van der Waals surface area contributed by atoms with Gasteiger partial charge in [0.25, 0.3) is 11.8 Å². The molecule has 0 bridgehead atoms. The third-order valence-corrected chi connectivity index (χ3v) is 5.53. The van der Waals surface area contributed by atoms with Gasteiger partial charge in [-0.2, -0.15) is 18.4 Å². The van der Waals surface area contributed by atoms with Crippen LogP contribution < -0.4 is 15.1 Å². The maximum absolute atomic E-state index is 13.4. The quantitative estimate of drug-likeness (QED) is 0.654. The van der Waals surface area contributed by atoms with E-state index in [0.29, 0.717) is 11.3 Å². The second kappa shape index (κ2) is 8.48. The molecule has 0 saturated carbocycles. The van der Waals surface area contributed by atoms with Crippen LogP contribution in [0.4, 0.5) is 24.5 Å². The highest BCUT2D eigenvalue weighted by molar-refractivity contribution is 7.81. The number of rotatable bonds is 4. The van der Waals surface area contributed by atoms with Gasteiger partial charge in [-0.25, -0.2) is 0 Å². The van der Waals surface area contributed by atoms with Gasteiger partial charge in [-0.1, -0.05) is 0 Å². The molecule has 0 aromatic heterocycles. The van der Waals surface area contributed by atoms with Gasteiger partial charge in [0.15, 0.2) is 5.11 Å². The molecular weight excluding hydrogens is 453 g/mol. The predicted molar refractivity (Wildman–Crippen MR) is 122 cm³/mol. The van der Waals surface area contributed by atoms with Crippen molar-refractivity contribution >= 4 is 40.5 Å². The van der Waals surface area contributed by atoms with Crippen molar-refractivity contribution in [1.82, 2.24) is 5.32 Å². The summed E-state index contributed by atoms with van der Waals surface area (Å²) in [5.41, 5.74) is -2.05. The number of anilines is 2. The summed E-state index contributed by atoms with van der Waals surface area (Å²) < 4.78 is 40.3. The van der Waals surface area contributed by atoms with E-state index >= 15 is 0 Å². The molecule has 172 valence electrons. The summed E-state index contributed by atoms with van der Waals surface area (Å²) in [6, 6.07) is 10.9. The zero-order chi connectivity index (χ0) is 24.7. The molecule has 1 saturated heterocycles. The Morgan fingerprint density at radius 2 is 1.70 bits per heavy atom. The molecule has 0 radical (unpaired) electrons. The third kappa shape index (κ3) is 4.41. The first-order chi connectivity index (χ1) is 15.3. The summed E-state index contributed by atoms with van der Waals surface area (Å²) in [4.78, 5) is 28.0. The van der Waals surface area contributed by atoms with Crippen LogP contribution in [0, 0.1) is 11.3 Å². The minimum absolute atomic E-state index is 0.0118. The van der Waals surface area contributed by atoms with Crippen LogP contribution in [0.1, 0.15) is 49.2 Å². The van der Waals surface area contributed by atoms with E-state index in [2.05, 4.69) is 5.32 Å². The number of benzene rings is 2. The van der Waals surface area contributed by atoms with Gasteiger partial charge in [0, 0.05) is 17.3 Å². The van der Waals surface area contributed by atoms with Gasteiger partial charge in [0.1, 0.15) is 5.54 Å². The molecule has 0 atom stereocenters. The highest BCUT2D eigenvalue weighted by Crippen LogP contribution is 2.39. The van der Waals surface area contributed by atoms with Crippen molar-refractivity contribution in [1.29, 1.82) is 5.26 Å². The van der Waals surface area contributed by atoms with Gasteiger partial charge in [0.2, 0.25) is 0 Å². The fraction of sp³-hybridized carbons (Fsp3) is 0.304. The standard InChI is InChI=1S/C23H21F3N4O2S/c1-13(2)28-19(31)14-5-8-16(9-6-14)30-21(33)29(20(32)22(30,3)4)17-10-7-15(12-27)18(11-17)23(24,25)26/h5-11,13H,1-4H3,(H,28,31). The molecule has 2 amide bonds. The minimum Gasteiger partial charge on any atom is -0.350 e. The van der Waals surface area contributed by atoms with Gasteiger partial charge in [-0.3, -0.25) is 14.5 Å². The molecule has 1 heterocycles. The molecule has 33 heavy (non-hydrogen) atoms. The molecule has 1 N–H and O–H groups in total. The summed E-state index contributed by atoms with van der Waals surface area (Å²) in [6.07, 6.45) is -4.77. The van der Waals surface area contributed by atoms with Gasteiger partial charge in [0.05, 0.1) is 22.9 Å². The second-order valence-corrected chi connectivity index (χ2v) is 8.70. The Morgan fingerprint density at radius 1 is 1.12 bits per heavy atom. The summed E-state index contributed by atoms with van der Waals surface area (Å²) in [5.74, 6) is -0.776. The van der Waals surface area contributed by atoms with Crippen molar-refractivity contribution in [3.63, 3.8) is 0 Å². The van der Waals surface area contributed by atoms with Crippen LogP contribution in [0.25, 0.3) is 0 Å². The molecule has 0 spiro atoms. The van der Waals surface area contributed by atoms with E-state index in [1.165, 1.54) is 17.0 Å². The molecule has 0 aliphatic carbocycles. The normalized spacial score (nSPS) is 15.7. The number of hydrogen-bond acceptors (Lipinski definition) is 4. The first kappa shape index (κ1) is 24.2. The number of carbonyl (C=O) groups excluding carboxylic acids is 2. The lowest BCUT2D eigenvalue weighted by Crippen LogP contribution is -2.44. The number of thiocarbonyl (C=S) groups is 1. The van der Waals surface area contributed by atoms with Gasteiger partial charge >= 0.3 is 6.18 Å². The Bertz CT molecular complexity index is 1170. The average Bonchev–Trinajstić information content (AvgIpc) is 2.90. The van der Waals surface area contributed by atoms with Crippen LogP contribution in [0.15, 0.2) is 42.5 Å². The number of halogens is 3. The molecule has 1 aliphatic heterocycles. The Hall–Kier alpha value is -3.45. The Balaban J connectivity index is 2.00. The highest BCUT2D eigenvalue weighted by Gasteiger charge is 2.50. The van der Waals surface area contributed by atoms with Crippen LogP contribution >= 0.6 is 12.2 Å². The Labute approximate surface area is 194 Å². The number of alkyl halides is 3. The SMILES string of the molecule is CC(C)NC(=O)c1ccc(N2C(=S)N(c3ccc(C#N)c(C(F)(F)F)c3)C(=O)C2(C)C)cc1. The van der Waals surface area contributed by atoms with Gasteiger partial charge < -0.3 is 10.2 Å². The van der Waals surface area contributed by atoms with E-state index in [0.717, 1.165) is 17.0 Å². The van der Waals surface area contributed by atoms with E-state index in [1.807, 2.05) is 13.8 Å². The number of nitrogens with zero attached hydrogens (tertiary/aromatic N) is 3. The zero-order valence-corrected chi connectivity index (χ0v) is 19.1. The summed E-state index contributed by atoms with van der Waals surface area (Å²) in [5, 5.41) is 11.8. The number of hydrogen-bond donors (Lipinski definition) is 1. The molecule has 2 aromatic rings. The maximum Gasteiger partial charge on any atom is 0.417 e. The maximum atomic E-state index is 13.4. The predicted octanol–water partition coefficient (Wildman–Crippen LogP) is 4.63. The van der Waals surface area contributed by atoms with Crippen molar-refractivity contribution in [2.45, 2.75) is 45.5 Å².